The summed E-state index contributed by atoms with van der Waals surface area (Å²) in [5, 5.41) is 3.57. The maximum Gasteiger partial charge on any atom is 0.451 e. The van der Waals surface area contributed by atoms with E-state index in [2.05, 4.69) is 25.2 Å². The third-order valence-corrected chi connectivity index (χ3v) is 3.70. The lowest BCUT2D eigenvalue weighted by molar-refractivity contribution is -0.144. The van der Waals surface area contributed by atoms with Crippen molar-refractivity contribution >= 4 is 16.9 Å². The summed E-state index contributed by atoms with van der Waals surface area (Å²) in [7, 11) is 0. The largest absolute Gasteiger partial charge is 0.451 e. The van der Waals surface area contributed by atoms with Gasteiger partial charge in [0.25, 0.3) is 0 Å². The molecule has 1 aliphatic heterocycles. The van der Waals surface area contributed by atoms with Gasteiger partial charge in [-0.2, -0.15) is 13.2 Å². The van der Waals surface area contributed by atoms with E-state index in [0.29, 0.717) is 25.1 Å². The van der Waals surface area contributed by atoms with E-state index in [0.717, 1.165) is 25.3 Å². The number of aromatic amines is 1. The number of aryl methyl sites for hydroxylation is 1. The van der Waals surface area contributed by atoms with Crippen molar-refractivity contribution in [3.05, 3.63) is 17.6 Å². The fraction of sp³-hybridized carbons (Fsp3) is 0.571. The molecule has 1 aliphatic rings. The minimum Gasteiger partial charge on any atom is -0.379 e. The molecule has 0 radical (unpaired) electrons. The Kier molecular flexibility index (Phi) is 4.40. The van der Waals surface area contributed by atoms with Crippen LogP contribution in [0.4, 0.5) is 19.0 Å². The van der Waals surface area contributed by atoms with Crippen LogP contribution >= 0.6 is 0 Å². The number of alkyl halides is 3. The van der Waals surface area contributed by atoms with Gasteiger partial charge in [-0.25, -0.2) is 9.97 Å². The highest BCUT2D eigenvalue weighted by Crippen LogP contribution is 2.30. The van der Waals surface area contributed by atoms with E-state index >= 15 is 0 Å². The number of nitrogens with zero attached hydrogens (tertiary/aromatic N) is 3. The topological polar surface area (TPSA) is 66.1 Å². The molecule has 2 aromatic rings. The normalized spacial score (nSPS) is 16.9. The van der Waals surface area contributed by atoms with E-state index in [4.69, 9.17) is 4.74 Å². The van der Waals surface area contributed by atoms with Crippen LogP contribution in [0, 0.1) is 6.92 Å². The Bertz CT molecular complexity index is 679. The number of aromatic nitrogens is 3. The highest BCUT2D eigenvalue weighted by molar-refractivity contribution is 5.87. The average molecular weight is 329 g/mol. The maximum atomic E-state index is 12.9. The number of hydrogen-bond donors (Lipinski definition) is 2. The fourth-order valence-electron chi connectivity index (χ4n) is 2.56. The number of rotatable bonds is 4. The van der Waals surface area contributed by atoms with Crippen molar-refractivity contribution in [3.8, 4) is 0 Å². The molecule has 2 N–H and O–H groups in total. The van der Waals surface area contributed by atoms with E-state index in [1.807, 2.05) is 0 Å². The Morgan fingerprint density at radius 3 is 2.74 bits per heavy atom. The predicted molar refractivity (Wildman–Crippen MR) is 79.4 cm³/mol. The first-order valence-corrected chi connectivity index (χ1v) is 7.42. The third-order valence-electron chi connectivity index (χ3n) is 3.70. The van der Waals surface area contributed by atoms with Gasteiger partial charge in [-0.05, 0) is 13.0 Å². The second kappa shape index (κ2) is 6.32. The first-order chi connectivity index (χ1) is 10.9. The van der Waals surface area contributed by atoms with E-state index in [1.54, 1.807) is 13.0 Å². The SMILES string of the molecule is Cc1cc2c(NCCN3CCOCC3)nc(C(F)(F)F)nc2[nH]1. The standard InChI is InChI=1S/C14H18F3N5O/c1-9-8-10-11(18-2-3-22-4-6-23-7-5-22)20-13(14(15,16)17)21-12(10)19-9/h8H,2-7H2,1H3,(H2,18,19,20,21). The van der Waals surface area contributed by atoms with Crippen LogP contribution in [-0.4, -0.2) is 59.2 Å². The molecule has 0 aliphatic carbocycles. The zero-order valence-electron chi connectivity index (χ0n) is 12.7. The van der Waals surface area contributed by atoms with Gasteiger partial charge in [-0.1, -0.05) is 0 Å². The van der Waals surface area contributed by atoms with Gasteiger partial charge in [0.05, 0.1) is 18.6 Å². The fourth-order valence-corrected chi connectivity index (χ4v) is 2.56. The Morgan fingerprint density at radius 2 is 2.04 bits per heavy atom. The van der Waals surface area contributed by atoms with E-state index < -0.39 is 12.0 Å². The molecule has 0 saturated carbocycles. The summed E-state index contributed by atoms with van der Waals surface area (Å²) >= 11 is 0. The Hall–Kier alpha value is -1.87. The lowest BCUT2D eigenvalue weighted by Gasteiger charge is -2.26. The number of hydrogen-bond acceptors (Lipinski definition) is 5. The molecule has 0 aromatic carbocycles. The van der Waals surface area contributed by atoms with Gasteiger partial charge >= 0.3 is 6.18 Å². The van der Waals surface area contributed by atoms with Crippen molar-refractivity contribution in [2.75, 3.05) is 44.7 Å². The third kappa shape index (κ3) is 3.73. The van der Waals surface area contributed by atoms with Crippen molar-refractivity contribution in [2.24, 2.45) is 0 Å². The molecule has 126 valence electrons. The van der Waals surface area contributed by atoms with Crippen LogP contribution in [0.3, 0.4) is 0 Å². The van der Waals surface area contributed by atoms with E-state index in [-0.39, 0.29) is 11.5 Å². The number of nitrogens with one attached hydrogen (secondary N) is 2. The number of ether oxygens (including phenoxy) is 1. The second-order valence-corrected chi connectivity index (χ2v) is 5.49. The van der Waals surface area contributed by atoms with E-state index in [9.17, 15) is 13.2 Å². The summed E-state index contributed by atoms with van der Waals surface area (Å²) in [4.78, 5) is 12.3. The molecule has 1 fully saturated rings. The predicted octanol–water partition coefficient (Wildman–Crippen LogP) is 2.03. The van der Waals surface area contributed by atoms with Crippen molar-refractivity contribution in [3.63, 3.8) is 0 Å². The molecule has 23 heavy (non-hydrogen) atoms. The van der Waals surface area contributed by atoms with Crippen molar-refractivity contribution in [1.82, 2.24) is 19.9 Å². The van der Waals surface area contributed by atoms with Gasteiger partial charge < -0.3 is 15.0 Å². The van der Waals surface area contributed by atoms with Crippen LogP contribution in [0.2, 0.25) is 0 Å². The molecule has 3 rings (SSSR count). The summed E-state index contributed by atoms with van der Waals surface area (Å²) in [5.41, 5.74) is 0.934. The number of H-pyrrole nitrogens is 1. The molecule has 0 bridgehead atoms. The maximum absolute atomic E-state index is 12.9. The highest BCUT2D eigenvalue weighted by Gasteiger charge is 2.35. The lowest BCUT2D eigenvalue weighted by Crippen LogP contribution is -2.39. The molecule has 0 amide bonds. The Morgan fingerprint density at radius 1 is 1.30 bits per heavy atom. The smallest absolute Gasteiger partial charge is 0.379 e. The van der Waals surface area contributed by atoms with Gasteiger partial charge in [0.1, 0.15) is 11.5 Å². The molecule has 1 saturated heterocycles. The van der Waals surface area contributed by atoms with E-state index in [1.165, 1.54) is 0 Å². The van der Waals surface area contributed by atoms with Crippen molar-refractivity contribution in [1.29, 1.82) is 0 Å². The van der Waals surface area contributed by atoms with Crippen LogP contribution in [-0.2, 0) is 10.9 Å². The van der Waals surface area contributed by atoms with Crippen LogP contribution in [0.15, 0.2) is 6.07 Å². The van der Waals surface area contributed by atoms with Gasteiger partial charge in [0, 0.05) is 31.9 Å². The monoisotopic (exact) mass is 329 g/mol. The zero-order chi connectivity index (χ0) is 16.4. The van der Waals surface area contributed by atoms with Crippen LogP contribution in [0.5, 0.6) is 0 Å². The molecule has 9 heteroatoms. The summed E-state index contributed by atoms with van der Waals surface area (Å²) in [5.74, 6) is -0.930. The van der Waals surface area contributed by atoms with Gasteiger partial charge in [-0.15, -0.1) is 0 Å². The lowest BCUT2D eigenvalue weighted by atomic mass is 10.3. The molecule has 3 heterocycles. The molecule has 0 atom stereocenters. The molecule has 6 nitrogen and oxygen atoms in total. The molecule has 0 unspecified atom stereocenters. The summed E-state index contributed by atoms with van der Waals surface area (Å²) < 4.78 is 44.0. The molecule has 0 spiro atoms. The Labute approximate surface area is 131 Å². The minimum atomic E-state index is -4.58. The minimum absolute atomic E-state index is 0.193. The van der Waals surface area contributed by atoms with Crippen molar-refractivity contribution in [2.45, 2.75) is 13.1 Å². The second-order valence-electron chi connectivity index (χ2n) is 5.49. The molecular formula is C14H18F3N5O. The quantitative estimate of drug-likeness (QED) is 0.898. The summed E-state index contributed by atoms with van der Waals surface area (Å²) in [6.45, 7) is 6.04. The number of halogens is 3. The van der Waals surface area contributed by atoms with Crippen LogP contribution < -0.4 is 5.32 Å². The number of anilines is 1. The highest BCUT2D eigenvalue weighted by atomic mass is 19.4. The van der Waals surface area contributed by atoms with Crippen molar-refractivity contribution < 1.29 is 17.9 Å². The average Bonchev–Trinajstić information content (AvgIpc) is 2.88. The van der Waals surface area contributed by atoms with Gasteiger partial charge in [-0.3, -0.25) is 4.90 Å². The number of morpholine rings is 1. The van der Waals surface area contributed by atoms with Gasteiger partial charge in [0.2, 0.25) is 5.82 Å². The number of fused-ring (bicyclic) bond motifs is 1. The zero-order valence-corrected chi connectivity index (χ0v) is 12.7. The first-order valence-electron chi connectivity index (χ1n) is 7.42. The van der Waals surface area contributed by atoms with Crippen LogP contribution in [0.1, 0.15) is 11.5 Å². The molecule has 2 aromatic heterocycles. The molecular weight excluding hydrogens is 311 g/mol. The summed E-state index contributed by atoms with van der Waals surface area (Å²) in [6, 6.07) is 1.74. The Balaban J connectivity index is 1.77. The first kappa shape index (κ1) is 16.0. The summed E-state index contributed by atoms with van der Waals surface area (Å²) in [6.07, 6.45) is -4.58. The van der Waals surface area contributed by atoms with Crippen LogP contribution in [0.25, 0.3) is 11.0 Å². The van der Waals surface area contributed by atoms with Gasteiger partial charge in [0.15, 0.2) is 0 Å².